The molecule has 1 N–H and O–H groups in total. The highest BCUT2D eigenvalue weighted by atomic mass is 32.1. The lowest BCUT2D eigenvalue weighted by molar-refractivity contribution is -0.116. The van der Waals surface area contributed by atoms with Crippen molar-refractivity contribution in [3.63, 3.8) is 0 Å². The summed E-state index contributed by atoms with van der Waals surface area (Å²) in [5, 5.41) is 9.17. The van der Waals surface area contributed by atoms with E-state index in [0.717, 1.165) is 16.0 Å². The number of thiophene rings is 1. The van der Waals surface area contributed by atoms with Crippen molar-refractivity contribution in [2.24, 2.45) is 7.05 Å². The van der Waals surface area contributed by atoms with Crippen LogP contribution in [0.3, 0.4) is 0 Å². The number of amides is 1. The number of aryl methyl sites for hydroxylation is 1. The quantitative estimate of drug-likeness (QED) is 0.732. The highest BCUT2D eigenvalue weighted by molar-refractivity contribution is 7.10. The second-order valence-electron chi connectivity index (χ2n) is 5.15. The monoisotopic (exact) mass is 323 g/mol. The largest absolute Gasteiger partial charge is 0.341 e. The van der Waals surface area contributed by atoms with Crippen LogP contribution in [0, 0.1) is 0 Å². The Morgan fingerprint density at radius 3 is 2.74 bits per heavy atom. The second-order valence-corrected chi connectivity index (χ2v) is 6.13. The van der Waals surface area contributed by atoms with Gasteiger partial charge in [-0.25, -0.2) is 0 Å². The predicted octanol–water partition coefficient (Wildman–Crippen LogP) is 3.40. The topological polar surface area (TPSA) is 46.9 Å². The summed E-state index contributed by atoms with van der Waals surface area (Å²) in [6, 6.07) is 13.9. The Labute approximate surface area is 139 Å². The molecule has 23 heavy (non-hydrogen) atoms. The van der Waals surface area contributed by atoms with Crippen molar-refractivity contribution in [3.8, 4) is 0 Å². The molecule has 1 unspecified atom stereocenters. The minimum atomic E-state index is -0.137. The fourth-order valence-corrected chi connectivity index (χ4v) is 3.11. The van der Waals surface area contributed by atoms with Crippen LogP contribution >= 0.6 is 11.3 Å². The number of benzene rings is 1. The summed E-state index contributed by atoms with van der Waals surface area (Å²) in [7, 11) is 1.85. The van der Waals surface area contributed by atoms with Crippen molar-refractivity contribution in [2.45, 2.75) is 6.04 Å². The molecule has 0 aliphatic rings. The molecule has 3 aromatic rings. The number of aromatic nitrogens is 2. The van der Waals surface area contributed by atoms with E-state index in [9.17, 15) is 4.79 Å². The summed E-state index contributed by atoms with van der Waals surface area (Å²) >= 11 is 1.63. The Morgan fingerprint density at radius 2 is 2.09 bits per heavy atom. The molecule has 0 spiro atoms. The smallest absolute Gasteiger partial charge is 0.244 e. The molecule has 2 heterocycles. The molecule has 0 saturated carbocycles. The summed E-state index contributed by atoms with van der Waals surface area (Å²) in [4.78, 5) is 13.4. The van der Waals surface area contributed by atoms with Gasteiger partial charge in [-0.1, -0.05) is 36.4 Å². The Balaban J connectivity index is 1.76. The van der Waals surface area contributed by atoms with E-state index in [1.807, 2.05) is 61.1 Å². The zero-order valence-corrected chi connectivity index (χ0v) is 13.5. The van der Waals surface area contributed by atoms with Gasteiger partial charge in [0.25, 0.3) is 0 Å². The van der Waals surface area contributed by atoms with Gasteiger partial charge >= 0.3 is 0 Å². The first-order valence-electron chi connectivity index (χ1n) is 7.28. The van der Waals surface area contributed by atoms with Crippen molar-refractivity contribution >= 4 is 23.3 Å². The number of hydrogen-bond donors (Lipinski definition) is 1. The summed E-state index contributed by atoms with van der Waals surface area (Å²) in [5.74, 6) is -0.129. The van der Waals surface area contributed by atoms with Crippen molar-refractivity contribution < 1.29 is 4.79 Å². The Morgan fingerprint density at radius 1 is 1.26 bits per heavy atom. The van der Waals surface area contributed by atoms with E-state index in [1.165, 1.54) is 0 Å². The molecule has 0 bridgehead atoms. The van der Waals surface area contributed by atoms with E-state index < -0.39 is 0 Å². The Kier molecular flexibility index (Phi) is 4.68. The van der Waals surface area contributed by atoms with Gasteiger partial charge in [0, 0.05) is 29.8 Å². The fraction of sp³-hybridized carbons (Fsp3) is 0.111. The number of carbonyl (C=O) groups is 1. The second kappa shape index (κ2) is 7.07. The van der Waals surface area contributed by atoms with Gasteiger partial charge in [-0.05, 0) is 23.1 Å². The van der Waals surface area contributed by atoms with Crippen LogP contribution in [0.25, 0.3) is 6.08 Å². The third kappa shape index (κ3) is 3.96. The SMILES string of the molecule is Cn1cc(C=CC(=O)NC(c2ccccc2)c2cccs2)cn1. The molecule has 1 atom stereocenters. The molecule has 1 aromatic carbocycles. The third-order valence-corrected chi connectivity index (χ3v) is 4.34. The molecule has 0 fully saturated rings. The Bertz CT molecular complexity index is 791. The van der Waals surface area contributed by atoms with Crippen LogP contribution in [0.1, 0.15) is 22.0 Å². The molecule has 116 valence electrons. The summed E-state index contributed by atoms with van der Waals surface area (Å²) < 4.78 is 1.70. The molecule has 0 radical (unpaired) electrons. The number of rotatable bonds is 5. The molecule has 2 aromatic heterocycles. The van der Waals surface area contributed by atoms with Gasteiger partial charge in [0.1, 0.15) is 0 Å². The van der Waals surface area contributed by atoms with E-state index in [1.54, 1.807) is 34.4 Å². The average Bonchev–Trinajstić information content (AvgIpc) is 3.23. The number of carbonyl (C=O) groups excluding carboxylic acids is 1. The zero-order valence-electron chi connectivity index (χ0n) is 12.7. The normalized spacial score (nSPS) is 12.4. The van der Waals surface area contributed by atoms with Crippen LogP contribution in [0.4, 0.5) is 0 Å². The molecule has 5 heteroatoms. The van der Waals surface area contributed by atoms with E-state index in [4.69, 9.17) is 0 Å². The van der Waals surface area contributed by atoms with Gasteiger partial charge in [-0.15, -0.1) is 11.3 Å². The predicted molar refractivity (Wildman–Crippen MR) is 93.0 cm³/mol. The van der Waals surface area contributed by atoms with Crippen LogP contribution in [0.5, 0.6) is 0 Å². The molecule has 4 nitrogen and oxygen atoms in total. The maximum Gasteiger partial charge on any atom is 0.244 e. The van der Waals surface area contributed by atoms with Gasteiger partial charge in [0.15, 0.2) is 0 Å². The van der Waals surface area contributed by atoms with E-state index in [-0.39, 0.29) is 11.9 Å². The lowest BCUT2D eigenvalue weighted by atomic mass is 10.1. The minimum Gasteiger partial charge on any atom is -0.341 e. The lowest BCUT2D eigenvalue weighted by Crippen LogP contribution is -2.27. The maximum atomic E-state index is 12.3. The van der Waals surface area contributed by atoms with Gasteiger partial charge in [-0.2, -0.15) is 5.10 Å². The molecular formula is C18H17N3OS. The zero-order chi connectivity index (χ0) is 16.1. The average molecular weight is 323 g/mol. The molecule has 0 aliphatic heterocycles. The standard InChI is InChI=1S/C18H17N3OS/c1-21-13-14(12-19-21)9-10-17(22)20-18(16-8-5-11-23-16)15-6-3-2-4-7-15/h2-13,18H,1H3,(H,20,22). The van der Waals surface area contributed by atoms with Crippen molar-refractivity contribution in [1.29, 1.82) is 0 Å². The minimum absolute atomic E-state index is 0.129. The first-order valence-corrected chi connectivity index (χ1v) is 8.16. The van der Waals surface area contributed by atoms with Gasteiger partial charge in [0.2, 0.25) is 5.91 Å². The molecule has 3 rings (SSSR count). The first-order chi connectivity index (χ1) is 11.2. The lowest BCUT2D eigenvalue weighted by Gasteiger charge is -2.17. The molecule has 0 saturated heterocycles. The van der Waals surface area contributed by atoms with E-state index >= 15 is 0 Å². The van der Waals surface area contributed by atoms with Crippen molar-refractivity contribution in [3.05, 3.63) is 82.3 Å². The van der Waals surface area contributed by atoms with Crippen LogP contribution in [0.2, 0.25) is 0 Å². The highest BCUT2D eigenvalue weighted by Gasteiger charge is 2.16. The summed E-state index contributed by atoms with van der Waals surface area (Å²) in [6.45, 7) is 0. The molecular weight excluding hydrogens is 306 g/mol. The van der Waals surface area contributed by atoms with E-state index in [0.29, 0.717) is 0 Å². The number of nitrogens with one attached hydrogen (secondary N) is 1. The van der Waals surface area contributed by atoms with Crippen molar-refractivity contribution in [2.75, 3.05) is 0 Å². The van der Waals surface area contributed by atoms with Gasteiger partial charge in [-0.3, -0.25) is 9.48 Å². The molecule has 1 amide bonds. The number of hydrogen-bond acceptors (Lipinski definition) is 3. The van der Waals surface area contributed by atoms with Gasteiger partial charge in [0.05, 0.1) is 12.2 Å². The summed E-state index contributed by atoms with van der Waals surface area (Å²) in [5.41, 5.74) is 1.97. The van der Waals surface area contributed by atoms with Crippen LogP contribution in [-0.2, 0) is 11.8 Å². The van der Waals surface area contributed by atoms with Crippen LogP contribution < -0.4 is 5.32 Å². The van der Waals surface area contributed by atoms with Gasteiger partial charge < -0.3 is 5.32 Å². The number of nitrogens with zero attached hydrogens (tertiary/aromatic N) is 2. The maximum absolute atomic E-state index is 12.3. The first kappa shape index (κ1) is 15.2. The van der Waals surface area contributed by atoms with Crippen molar-refractivity contribution in [1.82, 2.24) is 15.1 Å². The molecule has 0 aliphatic carbocycles. The fourth-order valence-electron chi connectivity index (χ4n) is 2.31. The third-order valence-electron chi connectivity index (χ3n) is 3.40. The van der Waals surface area contributed by atoms with Crippen LogP contribution in [0.15, 0.2) is 66.3 Å². The summed E-state index contributed by atoms with van der Waals surface area (Å²) in [6.07, 6.45) is 6.88. The van der Waals surface area contributed by atoms with Crippen LogP contribution in [-0.4, -0.2) is 15.7 Å². The highest BCUT2D eigenvalue weighted by Crippen LogP contribution is 2.25. The van der Waals surface area contributed by atoms with E-state index in [2.05, 4.69) is 10.4 Å². The Hall–Kier alpha value is -2.66.